The van der Waals surface area contributed by atoms with Crippen LogP contribution in [0, 0.1) is 0 Å². The fraction of sp³-hybridized carbons (Fsp3) is 0.368. The fourth-order valence-electron chi connectivity index (χ4n) is 3.38. The lowest BCUT2D eigenvalue weighted by atomic mass is 9.94. The maximum atomic E-state index is 11.8. The van der Waals surface area contributed by atoms with Crippen LogP contribution in [-0.4, -0.2) is 40.7 Å². The highest BCUT2D eigenvalue weighted by Crippen LogP contribution is 2.33. The number of aromatic nitrogens is 1. The van der Waals surface area contributed by atoms with Crippen LogP contribution >= 0.6 is 0 Å². The van der Waals surface area contributed by atoms with E-state index in [9.17, 15) is 9.90 Å². The lowest BCUT2D eigenvalue weighted by Crippen LogP contribution is -2.47. The number of pyridine rings is 1. The third-order valence-corrected chi connectivity index (χ3v) is 4.56. The van der Waals surface area contributed by atoms with Crippen LogP contribution in [0.2, 0.25) is 0 Å². The molecular formula is C19H22N2O3. The Morgan fingerprint density at radius 2 is 2.04 bits per heavy atom. The van der Waals surface area contributed by atoms with Gasteiger partial charge in [-0.05, 0) is 49.2 Å². The van der Waals surface area contributed by atoms with Crippen molar-refractivity contribution in [1.29, 1.82) is 0 Å². The predicted molar refractivity (Wildman–Crippen MR) is 91.1 cm³/mol. The summed E-state index contributed by atoms with van der Waals surface area (Å²) in [6.45, 7) is 0.754. The van der Waals surface area contributed by atoms with Gasteiger partial charge in [0, 0.05) is 6.20 Å². The topological polar surface area (TPSA) is 62.7 Å². The van der Waals surface area contributed by atoms with E-state index in [1.54, 1.807) is 13.3 Å². The van der Waals surface area contributed by atoms with Crippen molar-refractivity contribution in [3.8, 4) is 5.75 Å². The number of piperidine rings is 1. The van der Waals surface area contributed by atoms with Crippen LogP contribution in [0.25, 0.3) is 0 Å². The number of aliphatic carboxylic acids is 1. The van der Waals surface area contributed by atoms with Gasteiger partial charge in [0.25, 0.3) is 0 Å². The molecule has 5 heteroatoms. The maximum Gasteiger partial charge on any atom is 0.320 e. The minimum atomic E-state index is -0.760. The van der Waals surface area contributed by atoms with Gasteiger partial charge in [-0.2, -0.15) is 0 Å². The lowest BCUT2D eigenvalue weighted by molar-refractivity contribution is -0.145. The summed E-state index contributed by atoms with van der Waals surface area (Å²) in [7, 11) is 1.64. The van der Waals surface area contributed by atoms with E-state index >= 15 is 0 Å². The summed E-state index contributed by atoms with van der Waals surface area (Å²) in [4.78, 5) is 18.3. The summed E-state index contributed by atoms with van der Waals surface area (Å²) < 4.78 is 5.24. The van der Waals surface area contributed by atoms with Crippen molar-refractivity contribution in [2.45, 2.75) is 31.3 Å². The van der Waals surface area contributed by atoms with Crippen LogP contribution in [0.1, 0.15) is 36.6 Å². The number of carboxylic acid groups (broad SMARTS) is 1. The molecule has 1 fully saturated rings. The van der Waals surface area contributed by atoms with Crippen molar-refractivity contribution in [2.75, 3.05) is 13.7 Å². The molecule has 1 aromatic carbocycles. The number of hydrogen-bond donors (Lipinski definition) is 1. The molecule has 1 aliphatic heterocycles. The van der Waals surface area contributed by atoms with E-state index in [0.717, 1.165) is 36.4 Å². The standard InChI is InChI=1S/C19H22N2O3/c1-24-15-10-8-14(9-11-15)18(16-6-2-4-12-20-16)21-13-5-3-7-17(21)19(22)23/h2,4,6,8-12,17-18H,3,5,7,13H2,1H3,(H,22,23). The molecule has 2 atom stereocenters. The Hall–Kier alpha value is -2.40. The molecule has 3 rings (SSSR count). The zero-order valence-electron chi connectivity index (χ0n) is 13.8. The highest BCUT2D eigenvalue weighted by molar-refractivity contribution is 5.73. The monoisotopic (exact) mass is 326 g/mol. The zero-order valence-corrected chi connectivity index (χ0v) is 13.8. The van der Waals surface area contributed by atoms with Gasteiger partial charge in [0.05, 0.1) is 18.8 Å². The molecule has 0 aliphatic carbocycles. The summed E-state index contributed by atoms with van der Waals surface area (Å²) in [5.74, 6) is 0.0242. The summed E-state index contributed by atoms with van der Waals surface area (Å²) >= 11 is 0. The number of likely N-dealkylation sites (tertiary alicyclic amines) is 1. The van der Waals surface area contributed by atoms with Gasteiger partial charge in [-0.3, -0.25) is 14.7 Å². The second-order valence-corrected chi connectivity index (χ2v) is 6.02. The van der Waals surface area contributed by atoms with Gasteiger partial charge >= 0.3 is 5.97 Å². The summed E-state index contributed by atoms with van der Waals surface area (Å²) in [6.07, 6.45) is 4.38. The normalized spacial score (nSPS) is 19.6. The van der Waals surface area contributed by atoms with Crippen molar-refractivity contribution in [3.05, 3.63) is 59.9 Å². The molecule has 24 heavy (non-hydrogen) atoms. The van der Waals surface area contributed by atoms with E-state index in [2.05, 4.69) is 9.88 Å². The molecule has 0 radical (unpaired) electrons. The summed E-state index contributed by atoms with van der Waals surface area (Å²) in [5, 5.41) is 9.65. The van der Waals surface area contributed by atoms with Crippen LogP contribution < -0.4 is 4.74 Å². The average molecular weight is 326 g/mol. The molecule has 2 unspecified atom stereocenters. The fourth-order valence-corrected chi connectivity index (χ4v) is 3.38. The van der Waals surface area contributed by atoms with E-state index in [-0.39, 0.29) is 6.04 Å². The van der Waals surface area contributed by atoms with Crippen molar-refractivity contribution >= 4 is 5.97 Å². The minimum absolute atomic E-state index is 0.168. The number of hydrogen-bond acceptors (Lipinski definition) is 4. The first-order valence-corrected chi connectivity index (χ1v) is 8.24. The van der Waals surface area contributed by atoms with Crippen LogP contribution in [-0.2, 0) is 4.79 Å². The predicted octanol–water partition coefficient (Wildman–Crippen LogP) is 3.12. The number of rotatable bonds is 5. The molecule has 2 aromatic rings. The average Bonchev–Trinajstić information content (AvgIpc) is 2.64. The van der Waals surface area contributed by atoms with Gasteiger partial charge in [-0.15, -0.1) is 0 Å². The largest absolute Gasteiger partial charge is 0.497 e. The molecule has 0 bridgehead atoms. The second kappa shape index (κ2) is 7.45. The van der Waals surface area contributed by atoms with Crippen molar-refractivity contribution in [1.82, 2.24) is 9.88 Å². The number of nitrogens with zero attached hydrogens (tertiary/aromatic N) is 2. The first-order chi connectivity index (χ1) is 11.7. The smallest absolute Gasteiger partial charge is 0.320 e. The first-order valence-electron chi connectivity index (χ1n) is 8.24. The molecule has 1 aromatic heterocycles. The van der Waals surface area contributed by atoms with Gasteiger partial charge in [-0.1, -0.05) is 24.6 Å². The minimum Gasteiger partial charge on any atom is -0.497 e. The van der Waals surface area contributed by atoms with Crippen LogP contribution in [0.3, 0.4) is 0 Å². The van der Waals surface area contributed by atoms with Crippen LogP contribution in [0.5, 0.6) is 5.75 Å². The van der Waals surface area contributed by atoms with Gasteiger partial charge in [0.2, 0.25) is 0 Å². The van der Waals surface area contributed by atoms with Gasteiger partial charge < -0.3 is 9.84 Å². The third-order valence-electron chi connectivity index (χ3n) is 4.56. The van der Waals surface area contributed by atoms with Crippen LogP contribution in [0.4, 0.5) is 0 Å². The Bertz CT molecular complexity index is 673. The molecule has 5 nitrogen and oxygen atoms in total. The van der Waals surface area contributed by atoms with E-state index in [4.69, 9.17) is 4.74 Å². The van der Waals surface area contributed by atoms with E-state index in [1.807, 2.05) is 42.5 Å². The quantitative estimate of drug-likeness (QED) is 0.914. The van der Waals surface area contributed by atoms with Crippen LogP contribution in [0.15, 0.2) is 48.7 Å². The maximum absolute atomic E-state index is 11.8. The Kier molecular flexibility index (Phi) is 5.11. The number of benzene rings is 1. The molecule has 0 amide bonds. The molecule has 0 saturated carbocycles. The summed E-state index contributed by atoms with van der Waals surface area (Å²) in [5.41, 5.74) is 1.90. The SMILES string of the molecule is COc1ccc(C(c2ccccn2)N2CCCCC2C(=O)O)cc1. The number of methoxy groups -OCH3 is 1. The second-order valence-electron chi connectivity index (χ2n) is 6.02. The highest BCUT2D eigenvalue weighted by atomic mass is 16.5. The number of ether oxygens (including phenoxy) is 1. The molecule has 0 spiro atoms. The lowest BCUT2D eigenvalue weighted by Gasteiger charge is -2.39. The molecule has 2 heterocycles. The van der Waals surface area contributed by atoms with Gasteiger partial charge in [-0.25, -0.2) is 0 Å². The van der Waals surface area contributed by atoms with Gasteiger partial charge in [0.1, 0.15) is 11.8 Å². The van der Waals surface area contributed by atoms with E-state index in [1.165, 1.54) is 0 Å². The molecule has 1 aliphatic rings. The Balaban J connectivity index is 2.02. The number of carbonyl (C=O) groups is 1. The van der Waals surface area contributed by atoms with E-state index in [0.29, 0.717) is 6.42 Å². The zero-order chi connectivity index (χ0) is 16.9. The van der Waals surface area contributed by atoms with Gasteiger partial charge in [0.15, 0.2) is 0 Å². The van der Waals surface area contributed by atoms with Crippen molar-refractivity contribution in [2.24, 2.45) is 0 Å². The first kappa shape index (κ1) is 16.5. The van der Waals surface area contributed by atoms with Crippen molar-refractivity contribution < 1.29 is 14.6 Å². The highest BCUT2D eigenvalue weighted by Gasteiger charge is 2.35. The summed E-state index contributed by atoms with van der Waals surface area (Å²) in [6, 6.07) is 12.9. The Labute approximate surface area is 141 Å². The molecule has 126 valence electrons. The Morgan fingerprint density at radius 3 is 2.67 bits per heavy atom. The molecular weight excluding hydrogens is 304 g/mol. The third kappa shape index (κ3) is 3.41. The Morgan fingerprint density at radius 1 is 1.25 bits per heavy atom. The molecule has 1 saturated heterocycles. The van der Waals surface area contributed by atoms with Crippen molar-refractivity contribution in [3.63, 3.8) is 0 Å². The van der Waals surface area contributed by atoms with E-state index < -0.39 is 12.0 Å². The molecule has 1 N–H and O–H groups in total. The number of carboxylic acids is 1.